The molecule has 0 aliphatic rings. The Labute approximate surface area is 124 Å². The summed E-state index contributed by atoms with van der Waals surface area (Å²) in [6.45, 7) is 0. The highest BCUT2D eigenvalue weighted by atomic mass is 35.5. The third kappa shape index (κ3) is 2.40. The maximum Gasteiger partial charge on any atom is 0.239 e. The molecule has 5 nitrogen and oxygen atoms in total. The summed E-state index contributed by atoms with van der Waals surface area (Å²) in [6, 6.07) is 7.49. The lowest BCUT2D eigenvalue weighted by atomic mass is 10.2. The van der Waals surface area contributed by atoms with Crippen LogP contribution in [0.4, 0.5) is 0 Å². The molecule has 0 saturated heterocycles. The molecule has 2 aromatic heterocycles. The molecule has 1 amide bonds. The van der Waals surface area contributed by atoms with Crippen molar-refractivity contribution in [2.45, 2.75) is 6.42 Å². The van der Waals surface area contributed by atoms with Crippen molar-refractivity contribution in [1.82, 2.24) is 14.8 Å². The van der Waals surface area contributed by atoms with Crippen LogP contribution in [0, 0.1) is 0 Å². The summed E-state index contributed by atoms with van der Waals surface area (Å²) < 4.78 is 1.91. The highest BCUT2D eigenvalue weighted by Gasteiger charge is 2.11. The van der Waals surface area contributed by atoms with Gasteiger partial charge in [0, 0.05) is 27.9 Å². The maximum absolute atomic E-state index is 11.4. The lowest BCUT2D eigenvalue weighted by Crippen LogP contribution is -2.31. The van der Waals surface area contributed by atoms with Gasteiger partial charge in [0.2, 0.25) is 5.91 Å². The molecule has 2 heterocycles. The van der Waals surface area contributed by atoms with Crippen molar-refractivity contribution < 1.29 is 4.79 Å². The first-order valence-electron chi connectivity index (χ1n) is 5.88. The monoisotopic (exact) mass is 306 g/mol. The van der Waals surface area contributed by atoms with Crippen molar-refractivity contribution >= 4 is 33.8 Å². The number of carbonyl (C=O) groups excluding carboxylic acids is 1. The molecule has 0 aliphatic heterocycles. The second-order valence-corrected chi connectivity index (χ2v) is 5.53. The number of thiazole rings is 1. The van der Waals surface area contributed by atoms with Crippen molar-refractivity contribution in [2.24, 2.45) is 5.84 Å². The molecule has 0 aliphatic carbocycles. The van der Waals surface area contributed by atoms with Gasteiger partial charge in [-0.05, 0) is 12.1 Å². The first kappa shape index (κ1) is 13.1. The number of fused-ring (bicyclic) bond motifs is 1. The van der Waals surface area contributed by atoms with Crippen molar-refractivity contribution in [1.29, 1.82) is 0 Å². The van der Waals surface area contributed by atoms with Crippen molar-refractivity contribution in [3.8, 4) is 11.3 Å². The van der Waals surface area contributed by atoms with Gasteiger partial charge >= 0.3 is 0 Å². The smallest absolute Gasteiger partial charge is 0.239 e. The minimum absolute atomic E-state index is 0.229. The van der Waals surface area contributed by atoms with E-state index in [4.69, 9.17) is 17.4 Å². The number of nitrogens with zero attached hydrogens (tertiary/aromatic N) is 2. The van der Waals surface area contributed by atoms with Gasteiger partial charge in [0.1, 0.15) is 0 Å². The number of benzene rings is 1. The Bertz CT molecular complexity index is 762. The SMILES string of the molecule is NNC(=O)Cc1csc2nc(-c3ccc(Cl)cc3)cn12. The molecular formula is C13H11ClN4OS. The van der Waals surface area contributed by atoms with Gasteiger partial charge in [-0.25, -0.2) is 10.8 Å². The van der Waals surface area contributed by atoms with Crippen LogP contribution in [0.5, 0.6) is 0 Å². The third-order valence-corrected chi connectivity index (χ3v) is 4.07. The number of hydrogen-bond acceptors (Lipinski definition) is 4. The Balaban J connectivity index is 1.98. The van der Waals surface area contributed by atoms with Gasteiger partial charge in [-0.1, -0.05) is 23.7 Å². The minimum atomic E-state index is -0.230. The zero-order valence-corrected chi connectivity index (χ0v) is 11.9. The van der Waals surface area contributed by atoms with E-state index in [1.807, 2.05) is 40.2 Å². The van der Waals surface area contributed by atoms with Gasteiger partial charge in [-0.3, -0.25) is 14.6 Å². The van der Waals surface area contributed by atoms with E-state index in [0.717, 1.165) is 21.9 Å². The Hall–Kier alpha value is -1.89. The summed E-state index contributed by atoms with van der Waals surface area (Å²) in [4.78, 5) is 16.7. The van der Waals surface area contributed by atoms with Crippen LogP contribution in [-0.4, -0.2) is 15.3 Å². The van der Waals surface area contributed by atoms with E-state index in [-0.39, 0.29) is 12.3 Å². The normalized spacial score (nSPS) is 10.9. The molecule has 1 aromatic carbocycles. The van der Waals surface area contributed by atoms with Crippen LogP contribution in [0.3, 0.4) is 0 Å². The number of halogens is 1. The van der Waals surface area contributed by atoms with E-state index in [1.54, 1.807) is 0 Å². The summed E-state index contributed by atoms with van der Waals surface area (Å²) in [6.07, 6.45) is 2.14. The number of hydrogen-bond donors (Lipinski definition) is 2. The topological polar surface area (TPSA) is 72.4 Å². The molecule has 0 radical (unpaired) electrons. The Morgan fingerprint density at radius 2 is 2.15 bits per heavy atom. The lowest BCUT2D eigenvalue weighted by molar-refractivity contribution is -0.120. The molecule has 0 fully saturated rings. The standard InChI is InChI=1S/C13H11ClN4OS/c14-9-3-1-8(2-4-9)11-6-18-10(5-12(19)17-15)7-20-13(18)16-11/h1-4,6-7H,5,15H2,(H,17,19). The fourth-order valence-corrected chi connectivity index (χ4v) is 2.93. The second kappa shape index (κ2) is 5.24. The number of carbonyl (C=O) groups is 1. The first-order chi connectivity index (χ1) is 9.67. The van der Waals surface area contributed by atoms with Crippen molar-refractivity contribution in [3.63, 3.8) is 0 Å². The molecule has 0 spiro atoms. The van der Waals surface area contributed by atoms with Crippen LogP contribution in [0.1, 0.15) is 5.69 Å². The number of rotatable bonds is 3. The lowest BCUT2D eigenvalue weighted by Gasteiger charge is -1.98. The van der Waals surface area contributed by atoms with E-state index < -0.39 is 0 Å². The van der Waals surface area contributed by atoms with E-state index in [1.165, 1.54) is 11.3 Å². The Kier molecular flexibility index (Phi) is 3.43. The van der Waals surface area contributed by atoms with Crippen molar-refractivity contribution in [3.05, 3.63) is 46.6 Å². The molecule has 0 saturated carbocycles. The molecule has 0 unspecified atom stereocenters. The number of nitrogens with two attached hydrogens (primary N) is 1. The van der Waals surface area contributed by atoms with Crippen LogP contribution in [-0.2, 0) is 11.2 Å². The fourth-order valence-electron chi connectivity index (χ4n) is 1.93. The number of amides is 1. The largest absolute Gasteiger partial charge is 0.294 e. The van der Waals surface area contributed by atoms with E-state index in [2.05, 4.69) is 10.4 Å². The van der Waals surface area contributed by atoms with Gasteiger partial charge in [-0.2, -0.15) is 0 Å². The van der Waals surface area contributed by atoms with Crippen LogP contribution in [0.25, 0.3) is 16.2 Å². The van der Waals surface area contributed by atoms with Crippen LogP contribution < -0.4 is 11.3 Å². The zero-order valence-electron chi connectivity index (χ0n) is 10.3. The highest BCUT2D eigenvalue weighted by Crippen LogP contribution is 2.25. The first-order valence-corrected chi connectivity index (χ1v) is 7.14. The van der Waals surface area contributed by atoms with Gasteiger partial charge in [0.25, 0.3) is 0 Å². The number of imidazole rings is 1. The fraction of sp³-hybridized carbons (Fsp3) is 0.0769. The summed E-state index contributed by atoms with van der Waals surface area (Å²) in [7, 11) is 0. The van der Waals surface area contributed by atoms with Gasteiger partial charge in [-0.15, -0.1) is 11.3 Å². The number of aromatic nitrogens is 2. The zero-order chi connectivity index (χ0) is 14.1. The average Bonchev–Trinajstić information content (AvgIpc) is 3.01. The van der Waals surface area contributed by atoms with Crippen molar-refractivity contribution in [2.75, 3.05) is 0 Å². The second-order valence-electron chi connectivity index (χ2n) is 4.26. The highest BCUT2D eigenvalue weighted by molar-refractivity contribution is 7.15. The Morgan fingerprint density at radius 3 is 2.85 bits per heavy atom. The van der Waals surface area contributed by atoms with E-state index >= 15 is 0 Å². The van der Waals surface area contributed by atoms with Crippen LogP contribution in [0.15, 0.2) is 35.8 Å². The van der Waals surface area contributed by atoms with E-state index in [0.29, 0.717) is 5.02 Å². The summed E-state index contributed by atoms with van der Waals surface area (Å²) >= 11 is 7.37. The van der Waals surface area contributed by atoms with Gasteiger partial charge in [0.15, 0.2) is 4.96 Å². The minimum Gasteiger partial charge on any atom is -0.294 e. The van der Waals surface area contributed by atoms with E-state index in [9.17, 15) is 4.79 Å². The van der Waals surface area contributed by atoms with Crippen LogP contribution in [0.2, 0.25) is 5.02 Å². The Morgan fingerprint density at radius 1 is 1.40 bits per heavy atom. The summed E-state index contributed by atoms with van der Waals surface area (Å²) in [5, 5.41) is 2.60. The summed E-state index contributed by atoms with van der Waals surface area (Å²) in [5.74, 6) is 4.88. The molecule has 20 heavy (non-hydrogen) atoms. The molecule has 3 aromatic rings. The van der Waals surface area contributed by atoms with Gasteiger partial charge in [0.05, 0.1) is 12.1 Å². The molecule has 7 heteroatoms. The molecule has 0 bridgehead atoms. The average molecular weight is 307 g/mol. The molecule has 3 rings (SSSR count). The van der Waals surface area contributed by atoms with Crippen LogP contribution >= 0.6 is 22.9 Å². The quantitative estimate of drug-likeness (QED) is 0.443. The molecule has 3 N–H and O–H groups in total. The molecule has 102 valence electrons. The number of hydrazine groups is 1. The summed E-state index contributed by atoms with van der Waals surface area (Å²) in [5.41, 5.74) is 4.83. The molecule has 0 atom stereocenters. The third-order valence-electron chi connectivity index (χ3n) is 2.93. The molecular weight excluding hydrogens is 296 g/mol. The predicted molar refractivity (Wildman–Crippen MR) is 79.5 cm³/mol. The maximum atomic E-state index is 11.4. The predicted octanol–water partition coefficient (Wildman–Crippen LogP) is 2.25. The number of nitrogens with one attached hydrogen (secondary N) is 1. The van der Waals surface area contributed by atoms with Gasteiger partial charge < -0.3 is 0 Å².